The number of aromatic amines is 1. The van der Waals surface area contributed by atoms with E-state index in [-0.39, 0.29) is 17.1 Å². The highest BCUT2D eigenvalue weighted by Crippen LogP contribution is 2.21. The average molecular weight is 257 g/mol. The second kappa shape index (κ2) is 5.37. The minimum absolute atomic E-state index is 0.0849. The molecule has 0 aliphatic carbocycles. The first kappa shape index (κ1) is 12.2. The third kappa shape index (κ3) is 3.10. The summed E-state index contributed by atoms with van der Waals surface area (Å²) in [6.45, 7) is 4.36. The summed E-state index contributed by atoms with van der Waals surface area (Å²) >= 11 is 1.30. The lowest BCUT2D eigenvalue weighted by atomic mass is 10.3. The number of carbonyl (C=O) groups excluding carboxylic acids is 1. The Morgan fingerprint density at radius 3 is 2.88 bits per heavy atom. The fraction of sp³-hybridized carbons (Fsp3) is 0.667. The van der Waals surface area contributed by atoms with Crippen molar-refractivity contribution in [1.82, 2.24) is 20.1 Å². The Kier molecular flexibility index (Phi) is 3.85. The third-order valence-electron chi connectivity index (χ3n) is 2.43. The number of amides is 1. The molecule has 0 aromatic carbocycles. The van der Waals surface area contributed by atoms with E-state index >= 15 is 0 Å². The summed E-state index contributed by atoms with van der Waals surface area (Å²) in [6, 6.07) is 0. The van der Waals surface area contributed by atoms with Crippen molar-refractivity contribution in [3.05, 3.63) is 0 Å². The smallest absolute Gasteiger partial charge is 0.236 e. The van der Waals surface area contributed by atoms with Crippen LogP contribution in [0.15, 0.2) is 5.16 Å². The largest absolute Gasteiger partial charge is 0.378 e. The molecule has 3 N–H and O–H groups in total. The molecule has 2 heterocycles. The molecule has 7 nitrogen and oxygen atoms in total. The molecule has 1 unspecified atom stereocenters. The molecule has 0 bridgehead atoms. The van der Waals surface area contributed by atoms with Gasteiger partial charge in [-0.25, -0.2) is 5.10 Å². The van der Waals surface area contributed by atoms with E-state index < -0.39 is 0 Å². The maximum Gasteiger partial charge on any atom is 0.236 e. The minimum Gasteiger partial charge on any atom is -0.378 e. The van der Waals surface area contributed by atoms with Gasteiger partial charge in [0, 0.05) is 13.1 Å². The van der Waals surface area contributed by atoms with Crippen LogP contribution in [0.1, 0.15) is 6.92 Å². The van der Waals surface area contributed by atoms with Gasteiger partial charge in [-0.3, -0.25) is 4.79 Å². The Hall–Kier alpha value is -1.28. The molecule has 94 valence electrons. The zero-order valence-electron chi connectivity index (χ0n) is 9.55. The van der Waals surface area contributed by atoms with Crippen molar-refractivity contribution in [2.45, 2.75) is 17.3 Å². The topological polar surface area (TPSA) is 97.1 Å². The van der Waals surface area contributed by atoms with Gasteiger partial charge in [-0.2, -0.15) is 4.98 Å². The van der Waals surface area contributed by atoms with Crippen LogP contribution in [0.25, 0.3) is 0 Å². The Morgan fingerprint density at radius 2 is 2.29 bits per heavy atom. The van der Waals surface area contributed by atoms with E-state index in [1.165, 1.54) is 11.8 Å². The van der Waals surface area contributed by atoms with Gasteiger partial charge >= 0.3 is 0 Å². The molecule has 1 aliphatic heterocycles. The third-order valence-corrected chi connectivity index (χ3v) is 3.38. The van der Waals surface area contributed by atoms with Crippen LogP contribution in [0, 0.1) is 0 Å². The zero-order valence-corrected chi connectivity index (χ0v) is 10.4. The number of rotatable bonds is 3. The van der Waals surface area contributed by atoms with E-state index in [1.54, 1.807) is 4.90 Å². The normalized spacial score (nSPS) is 18.1. The molecule has 1 aromatic heterocycles. The fourth-order valence-electron chi connectivity index (χ4n) is 1.56. The maximum atomic E-state index is 12.1. The number of morpholine rings is 1. The second-order valence-electron chi connectivity index (χ2n) is 3.70. The Bertz CT molecular complexity index is 390. The van der Waals surface area contributed by atoms with Crippen LogP contribution in [0.4, 0.5) is 5.95 Å². The van der Waals surface area contributed by atoms with Crippen molar-refractivity contribution >= 4 is 23.6 Å². The van der Waals surface area contributed by atoms with Crippen LogP contribution in [-0.2, 0) is 9.53 Å². The summed E-state index contributed by atoms with van der Waals surface area (Å²) in [5.41, 5.74) is 5.42. The number of nitrogens with one attached hydrogen (secondary N) is 1. The second-order valence-corrected chi connectivity index (χ2v) is 5.01. The summed E-state index contributed by atoms with van der Waals surface area (Å²) in [5.74, 6) is 0.347. The van der Waals surface area contributed by atoms with E-state index in [2.05, 4.69) is 15.2 Å². The molecule has 1 amide bonds. The Balaban J connectivity index is 1.90. The van der Waals surface area contributed by atoms with Crippen LogP contribution >= 0.6 is 11.8 Å². The van der Waals surface area contributed by atoms with E-state index in [4.69, 9.17) is 10.5 Å². The first-order valence-corrected chi connectivity index (χ1v) is 6.26. The molecule has 1 saturated heterocycles. The number of H-pyrrole nitrogens is 1. The van der Waals surface area contributed by atoms with Gasteiger partial charge in [0.05, 0.1) is 18.5 Å². The highest BCUT2D eigenvalue weighted by atomic mass is 32.2. The quantitative estimate of drug-likeness (QED) is 0.723. The highest BCUT2D eigenvalue weighted by Gasteiger charge is 2.24. The summed E-state index contributed by atoms with van der Waals surface area (Å²) in [5, 5.41) is 6.71. The highest BCUT2D eigenvalue weighted by molar-refractivity contribution is 8.00. The molecular weight excluding hydrogens is 242 g/mol. The molecule has 2 rings (SSSR count). The maximum absolute atomic E-state index is 12.1. The number of nitrogens with zero attached hydrogens (tertiary/aromatic N) is 3. The van der Waals surface area contributed by atoms with E-state index in [0.29, 0.717) is 31.5 Å². The fourth-order valence-corrected chi connectivity index (χ4v) is 2.38. The standard InChI is InChI=1S/C9H15N5O2S/c1-6(17-9-11-8(10)12-13-9)7(15)14-2-4-16-5-3-14/h6H,2-5H2,1H3,(H3,10,11,12,13). The van der Waals surface area contributed by atoms with Crippen molar-refractivity contribution in [3.8, 4) is 0 Å². The van der Waals surface area contributed by atoms with Crippen molar-refractivity contribution in [2.75, 3.05) is 32.0 Å². The number of carbonyl (C=O) groups is 1. The van der Waals surface area contributed by atoms with Gasteiger partial charge in [0.15, 0.2) is 0 Å². The van der Waals surface area contributed by atoms with Crippen LogP contribution in [0.3, 0.4) is 0 Å². The molecule has 0 radical (unpaired) electrons. The average Bonchev–Trinajstić information content (AvgIpc) is 2.75. The van der Waals surface area contributed by atoms with Gasteiger partial charge in [0.25, 0.3) is 0 Å². The zero-order chi connectivity index (χ0) is 12.3. The molecule has 0 spiro atoms. The van der Waals surface area contributed by atoms with E-state index in [1.807, 2.05) is 6.92 Å². The lowest BCUT2D eigenvalue weighted by molar-refractivity contribution is -0.134. The summed E-state index contributed by atoms with van der Waals surface area (Å²) in [6.07, 6.45) is 0. The lowest BCUT2D eigenvalue weighted by Gasteiger charge is -2.28. The van der Waals surface area contributed by atoms with Crippen molar-refractivity contribution in [3.63, 3.8) is 0 Å². The SMILES string of the molecule is CC(Sc1n[nH]c(N)n1)C(=O)N1CCOCC1. The molecular formula is C9H15N5O2S. The molecule has 0 saturated carbocycles. The van der Waals surface area contributed by atoms with Gasteiger partial charge in [-0.15, -0.1) is 5.10 Å². The number of nitrogens with two attached hydrogens (primary N) is 1. The van der Waals surface area contributed by atoms with Crippen molar-refractivity contribution < 1.29 is 9.53 Å². The van der Waals surface area contributed by atoms with Crippen molar-refractivity contribution in [2.24, 2.45) is 0 Å². The molecule has 1 aromatic rings. The number of ether oxygens (including phenoxy) is 1. The molecule has 17 heavy (non-hydrogen) atoms. The number of hydrogen-bond donors (Lipinski definition) is 2. The van der Waals surface area contributed by atoms with Gasteiger partial charge in [-0.05, 0) is 6.92 Å². The number of hydrogen-bond acceptors (Lipinski definition) is 6. The molecule has 1 atom stereocenters. The monoisotopic (exact) mass is 257 g/mol. The number of thioether (sulfide) groups is 1. The van der Waals surface area contributed by atoms with Gasteiger partial charge < -0.3 is 15.4 Å². The summed E-state index contributed by atoms with van der Waals surface area (Å²) in [7, 11) is 0. The Morgan fingerprint density at radius 1 is 1.59 bits per heavy atom. The molecule has 1 aliphatic rings. The van der Waals surface area contributed by atoms with E-state index in [9.17, 15) is 4.79 Å². The number of nitrogen functional groups attached to an aromatic ring is 1. The lowest BCUT2D eigenvalue weighted by Crippen LogP contribution is -2.44. The van der Waals surface area contributed by atoms with Gasteiger partial charge in [0.1, 0.15) is 0 Å². The molecule has 8 heteroatoms. The van der Waals surface area contributed by atoms with Gasteiger partial charge in [0.2, 0.25) is 17.0 Å². The minimum atomic E-state index is -0.219. The number of aromatic nitrogens is 3. The summed E-state index contributed by atoms with van der Waals surface area (Å²) in [4.78, 5) is 17.8. The van der Waals surface area contributed by atoms with Crippen molar-refractivity contribution in [1.29, 1.82) is 0 Å². The molecule has 1 fully saturated rings. The van der Waals surface area contributed by atoms with Gasteiger partial charge in [-0.1, -0.05) is 11.8 Å². The predicted molar refractivity (Wildman–Crippen MR) is 63.5 cm³/mol. The van der Waals surface area contributed by atoms with Crippen LogP contribution in [0.5, 0.6) is 0 Å². The van der Waals surface area contributed by atoms with Crippen LogP contribution < -0.4 is 5.73 Å². The predicted octanol–water partition coefficient (Wildman–Crippen LogP) is -0.274. The first-order chi connectivity index (χ1) is 8.16. The van der Waals surface area contributed by atoms with Crippen LogP contribution in [-0.4, -0.2) is 57.5 Å². The summed E-state index contributed by atoms with van der Waals surface area (Å²) < 4.78 is 5.20. The van der Waals surface area contributed by atoms with E-state index in [0.717, 1.165) is 0 Å². The van der Waals surface area contributed by atoms with Crippen LogP contribution in [0.2, 0.25) is 0 Å². The Labute approximate surface area is 103 Å². The number of anilines is 1. The first-order valence-electron chi connectivity index (χ1n) is 5.38.